The summed E-state index contributed by atoms with van der Waals surface area (Å²) in [5.41, 5.74) is 0. The first-order valence-corrected chi connectivity index (χ1v) is 5.55. The van der Waals surface area contributed by atoms with E-state index in [1.165, 1.54) is 0 Å². The van der Waals surface area contributed by atoms with Crippen molar-refractivity contribution in [3.63, 3.8) is 0 Å². The molecule has 7 heteroatoms. The van der Waals surface area contributed by atoms with Crippen LogP contribution >= 0.6 is 0 Å². The van der Waals surface area contributed by atoms with E-state index in [0.717, 1.165) is 12.8 Å². The maximum atomic E-state index is 12.5. The summed E-state index contributed by atoms with van der Waals surface area (Å²) in [7, 11) is -5.47. The van der Waals surface area contributed by atoms with Crippen LogP contribution in [0.25, 0.3) is 0 Å². The first kappa shape index (κ1) is 17.8. The van der Waals surface area contributed by atoms with Gasteiger partial charge in [-0.2, -0.15) is 8.78 Å². The monoisotopic (exact) mass is 254 g/mol. The predicted octanol–water partition coefficient (Wildman–Crippen LogP) is -0.901. The van der Waals surface area contributed by atoms with E-state index in [9.17, 15) is 21.8 Å². The summed E-state index contributed by atoms with van der Waals surface area (Å²) in [6.45, 7) is 1.91. The third-order valence-electron chi connectivity index (χ3n) is 1.69. The van der Waals surface area contributed by atoms with Crippen LogP contribution in [-0.2, 0) is 10.1 Å². The second-order valence-corrected chi connectivity index (χ2v) is 4.41. The molecule has 0 bridgehead atoms. The molecule has 0 aromatic carbocycles. The fraction of sp³-hybridized carbons (Fsp3) is 1.00. The summed E-state index contributed by atoms with van der Waals surface area (Å²) >= 11 is 0. The van der Waals surface area contributed by atoms with Gasteiger partial charge in [0.05, 0.1) is 0 Å². The topological polar surface area (TPSA) is 57.2 Å². The number of hydrogen-bond donors (Lipinski definition) is 0. The number of hydrogen-bond acceptors (Lipinski definition) is 3. The van der Waals surface area contributed by atoms with Gasteiger partial charge in [-0.1, -0.05) is 26.2 Å². The fourth-order valence-electron chi connectivity index (χ4n) is 0.883. The first-order chi connectivity index (χ1) is 5.81. The van der Waals surface area contributed by atoms with Crippen molar-refractivity contribution in [3.8, 4) is 0 Å². The Kier molecular flexibility index (Phi) is 9.71. The van der Waals surface area contributed by atoms with Crippen LogP contribution in [0.3, 0.4) is 0 Å². The molecule has 0 radical (unpaired) electrons. The van der Waals surface area contributed by atoms with E-state index in [-0.39, 0.29) is 57.8 Å². The van der Waals surface area contributed by atoms with Gasteiger partial charge in [0.15, 0.2) is 10.1 Å². The zero-order valence-corrected chi connectivity index (χ0v) is 12.4. The summed E-state index contributed by atoms with van der Waals surface area (Å²) in [5.74, 6) is 0. The van der Waals surface area contributed by atoms with Crippen molar-refractivity contribution < 1.29 is 73.1 Å². The van der Waals surface area contributed by atoms with Crippen LogP contribution in [-0.4, -0.2) is 18.2 Å². The van der Waals surface area contributed by atoms with E-state index in [4.69, 9.17) is 0 Å². The molecule has 0 saturated heterocycles. The molecule has 0 N–H and O–H groups in total. The van der Waals surface area contributed by atoms with Crippen molar-refractivity contribution in [1.82, 2.24) is 0 Å². The number of rotatable bonds is 6. The molecule has 0 atom stereocenters. The summed E-state index contributed by atoms with van der Waals surface area (Å²) < 4.78 is 54.9. The molecule has 14 heavy (non-hydrogen) atoms. The minimum atomic E-state index is -5.47. The Morgan fingerprint density at radius 3 is 2.07 bits per heavy atom. The van der Waals surface area contributed by atoms with E-state index in [1.807, 2.05) is 6.92 Å². The normalized spacial score (nSPS) is 12.3. The molecule has 0 amide bonds. The van der Waals surface area contributed by atoms with Gasteiger partial charge in [-0.3, -0.25) is 0 Å². The molecule has 0 aromatic rings. The molecule has 0 aliphatic carbocycles. The van der Waals surface area contributed by atoms with Crippen LogP contribution in [0.4, 0.5) is 8.78 Å². The molecule has 0 saturated carbocycles. The summed E-state index contributed by atoms with van der Waals surface area (Å²) in [4.78, 5) is 0. The van der Waals surface area contributed by atoms with E-state index in [2.05, 4.69) is 0 Å². The van der Waals surface area contributed by atoms with E-state index >= 15 is 0 Å². The van der Waals surface area contributed by atoms with Crippen molar-refractivity contribution >= 4 is 10.1 Å². The molecular weight excluding hydrogens is 241 g/mol. The van der Waals surface area contributed by atoms with Gasteiger partial charge in [-0.15, -0.1) is 0 Å². The smallest absolute Gasteiger partial charge is 0.743 e. The Morgan fingerprint density at radius 2 is 1.71 bits per heavy atom. The SMILES string of the molecule is CCCCCCC(F)(F)S(=O)(=O)[O-].[K+]. The van der Waals surface area contributed by atoms with Crippen LogP contribution in [0, 0.1) is 0 Å². The number of halogens is 2. The number of unbranched alkanes of at least 4 members (excludes halogenated alkanes) is 3. The maximum absolute atomic E-state index is 12.5. The Labute approximate surface area is 126 Å². The molecular formula is C7H13F2KO3S. The zero-order valence-electron chi connectivity index (χ0n) is 8.42. The average molecular weight is 254 g/mol. The van der Waals surface area contributed by atoms with Crippen LogP contribution in [0.1, 0.15) is 39.0 Å². The Morgan fingerprint density at radius 1 is 1.21 bits per heavy atom. The van der Waals surface area contributed by atoms with Gasteiger partial charge in [0.25, 0.3) is 0 Å². The third kappa shape index (κ3) is 6.81. The second kappa shape index (κ2) is 7.64. The molecule has 0 rings (SSSR count). The van der Waals surface area contributed by atoms with E-state index < -0.39 is 21.8 Å². The van der Waals surface area contributed by atoms with Crippen LogP contribution < -0.4 is 51.4 Å². The molecule has 0 spiro atoms. The molecule has 0 aromatic heterocycles. The average Bonchev–Trinajstić information content (AvgIpc) is 1.96. The summed E-state index contributed by atoms with van der Waals surface area (Å²) in [6.07, 6.45) is 1.38. The molecule has 0 aliphatic heterocycles. The molecule has 0 aliphatic rings. The molecule has 0 fully saturated rings. The van der Waals surface area contributed by atoms with E-state index in [1.54, 1.807) is 0 Å². The van der Waals surface area contributed by atoms with Crippen LogP contribution in [0.5, 0.6) is 0 Å². The van der Waals surface area contributed by atoms with Gasteiger partial charge in [0.1, 0.15) is 0 Å². The molecule has 80 valence electrons. The van der Waals surface area contributed by atoms with Crippen molar-refractivity contribution in [2.75, 3.05) is 0 Å². The second-order valence-electron chi connectivity index (χ2n) is 2.90. The Balaban J connectivity index is 0. The maximum Gasteiger partial charge on any atom is 1.00 e. The predicted molar refractivity (Wildman–Crippen MR) is 43.4 cm³/mol. The van der Waals surface area contributed by atoms with Gasteiger partial charge in [-0.25, -0.2) is 8.42 Å². The quantitative estimate of drug-likeness (QED) is 0.351. The van der Waals surface area contributed by atoms with Gasteiger partial charge in [0, 0.05) is 6.42 Å². The Hall–Kier alpha value is 1.41. The van der Waals surface area contributed by atoms with E-state index in [0.29, 0.717) is 6.42 Å². The van der Waals surface area contributed by atoms with Crippen LogP contribution in [0.15, 0.2) is 0 Å². The van der Waals surface area contributed by atoms with Gasteiger partial charge >= 0.3 is 56.6 Å². The van der Waals surface area contributed by atoms with Crippen molar-refractivity contribution in [3.05, 3.63) is 0 Å². The zero-order chi connectivity index (χ0) is 10.5. The van der Waals surface area contributed by atoms with Crippen molar-refractivity contribution in [2.24, 2.45) is 0 Å². The van der Waals surface area contributed by atoms with Crippen LogP contribution in [0.2, 0.25) is 0 Å². The summed E-state index contributed by atoms with van der Waals surface area (Å²) in [5, 5.41) is -4.10. The van der Waals surface area contributed by atoms with Crippen molar-refractivity contribution in [2.45, 2.75) is 44.3 Å². The minimum absolute atomic E-state index is 0. The Bertz CT molecular complexity index is 241. The standard InChI is InChI=1S/C7H14F2O3S.K/c1-2-3-4-5-6-7(8,9)13(10,11)12;/h2-6H2,1H3,(H,10,11,12);/q;+1/p-1. The van der Waals surface area contributed by atoms with Gasteiger partial charge < -0.3 is 4.55 Å². The molecule has 3 nitrogen and oxygen atoms in total. The summed E-state index contributed by atoms with van der Waals surface area (Å²) in [6, 6.07) is 0. The van der Waals surface area contributed by atoms with Gasteiger partial charge in [0.2, 0.25) is 0 Å². The van der Waals surface area contributed by atoms with Gasteiger partial charge in [-0.05, 0) is 6.42 Å². The molecule has 0 heterocycles. The number of alkyl halides is 2. The fourth-order valence-corrected chi connectivity index (χ4v) is 1.28. The van der Waals surface area contributed by atoms with Crippen molar-refractivity contribution in [1.29, 1.82) is 0 Å². The minimum Gasteiger partial charge on any atom is -0.743 e. The third-order valence-corrected chi connectivity index (χ3v) is 2.62. The first-order valence-electron chi connectivity index (χ1n) is 4.14. The molecule has 0 unspecified atom stereocenters. The largest absolute Gasteiger partial charge is 1.00 e.